The summed E-state index contributed by atoms with van der Waals surface area (Å²) in [5.74, 6) is 0.610. The van der Waals surface area contributed by atoms with Gasteiger partial charge >= 0.3 is 0 Å². The van der Waals surface area contributed by atoms with Gasteiger partial charge in [-0.1, -0.05) is 6.07 Å². The zero-order valence-electron chi connectivity index (χ0n) is 9.74. The molecule has 0 unspecified atom stereocenters. The number of pyridine rings is 1. The number of nitrogens with zero attached hydrogens (tertiary/aromatic N) is 3. The lowest BCUT2D eigenvalue weighted by atomic mass is 10.2. The first-order chi connectivity index (χ1) is 8.56. The predicted octanol–water partition coefficient (Wildman–Crippen LogP) is 1.24. The van der Waals surface area contributed by atoms with E-state index in [0.717, 1.165) is 0 Å². The van der Waals surface area contributed by atoms with Crippen LogP contribution >= 0.6 is 11.8 Å². The fourth-order valence-electron chi connectivity index (χ4n) is 1.40. The quantitative estimate of drug-likeness (QED) is 0.714. The molecule has 0 aliphatic rings. The lowest BCUT2D eigenvalue weighted by Crippen LogP contribution is -2.01. The molecule has 0 radical (unpaired) electrons. The van der Waals surface area contributed by atoms with Gasteiger partial charge in [-0.25, -0.2) is 15.0 Å². The van der Waals surface area contributed by atoms with Gasteiger partial charge in [-0.05, 0) is 24.8 Å². The van der Waals surface area contributed by atoms with Crippen LogP contribution in [-0.2, 0) is 0 Å². The summed E-state index contributed by atoms with van der Waals surface area (Å²) in [4.78, 5) is 12.3. The molecule has 0 amide bonds. The summed E-state index contributed by atoms with van der Waals surface area (Å²) in [6.45, 7) is 1.68. The van der Waals surface area contributed by atoms with Gasteiger partial charge in [0.2, 0.25) is 0 Å². The minimum Gasteiger partial charge on any atom is -0.389 e. The van der Waals surface area contributed by atoms with Crippen LogP contribution in [0.1, 0.15) is 18.6 Å². The van der Waals surface area contributed by atoms with Crippen LogP contribution < -0.4 is 11.5 Å². The first kappa shape index (κ1) is 12.6. The molecule has 0 spiro atoms. The van der Waals surface area contributed by atoms with Gasteiger partial charge in [0.15, 0.2) is 5.16 Å². The molecule has 0 fully saturated rings. The van der Waals surface area contributed by atoms with Crippen LogP contribution in [0.4, 0.5) is 11.6 Å². The monoisotopic (exact) mass is 263 g/mol. The fourth-order valence-corrected chi connectivity index (χ4v) is 2.35. The van der Waals surface area contributed by atoms with Gasteiger partial charge in [0.25, 0.3) is 0 Å². The average molecular weight is 263 g/mol. The highest BCUT2D eigenvalue weighted by atomic mass is 32.2. The van der Waals surface area contributed by atoms with Gasteiger partial charge in [0, 0.05) is 17.8 Å². The summed E-state index contributed by atoms with van der Waals surface area (Å²) in [7, 11) is 0. The van der Waals surface area contributed by atoms with E-state index in [0.29, 0.717) is 27.4 Å². The Morgan fingerprint density at radius 3 is 2.56 bits per heavy atom. The number of rotatable bonds is 3. The molecule has 0 aliphatic heterocycles. The highest BCUT2D eigenvalue weighted by molar-refractivity contribution is 7.99. The van der Waals surface area contributed by atoms with Crippen molar-refractivity contribution >= 4 is 23.4 Å². The Bertz CT molecular complexity index is 541. The van der Waals surface area contributed by atoms with Gasteiger partial charge in [0.1, 0.15) is 16.7 Å². The number of hydrogen-bond donors (Lipinski definition) is 3. The maximum Gasteiger partial charge on any atom is 0.197 e. The lowest BCUT2D eigenvalue weighted by molar-refractivity contribution is 0.195. The Balaban J connectivity index is 2.34. The van der Waals surface area contributed by atoms with Crippen LogP contribution in [0.3, 0.4) is 0 Å². The number of nitrogens with two attached hydrogens (primary N) is 2. The smallest absolute Gasteiger partial charge is 0.197 e. The van der Waals surface area contributed by atoms with Gasteiger partial charge in [-0.2, -0.15) is 0 Å². The summed E-state index contributed by atoms with van der Waals surface area (Å²) in [6, 6.07) is 5.05. The summed E-state index contributed by atoms with van der Waals surface area (Å²) < 4.78 is 0. The normalized spacial score (nSPS) is 12.3. The standard InChI is InChI=1S/C11H13N5OS/c1-6(17)7-3-2-4-14-10(7)18-11-15-8(12)5-9(13)16-11/h2-6,17H,1H3,(H4,12,13,15,16)/t6-/m0/s1. The fraction of sp³-hybridized carbons (Fsp3) is 0.182. The van der Waals surface area contributed by atoms with E-state index >= 15 is 0 Å². The zero-order chi connectivity index (χ0) is 13.1. The molecule has 0 bridgehead atoms. The third kappa shape index (κ3) is 2.88. The Morgan fingerprint density at radius 1 is 1.28 bits per heavy atom. The molecule has 1 atom stereocenters. The van der Waals surface area contributed by atoms with E-state index in [2.05, 4.69) is 15.0 Å². The number of anilines is 2. The molecule has 6 nitrogen and oxygen atoms in total. The van der Waals surface area contributed by atoms with Crippen LogP contribution in [-0.4, -0.2) is 20.1 Å². The maximum atomic E-state index is 9.65. The second-order valence-corrected chi connectivity index (χ2v) is 4.63. The van der Waals surface area contributed by atoms with E-state index in [1.807, 2.05) is 0 Å². The van der Waals surface area contributed by atoms with Crippen molar-refractivity contribution < 1.29 is 5.11 Å². The van der Waals surface area contributed by atoms with Gasteiger partial charge < -0.3 is 16.6 Å². The number of hydrogen-bond acceptors (Lipinski definition) is 7. The van der Waals surface area contributed by atoms with Gasteiger partial charge in [0.05, 0.1) is 6.10 Å². The highest BCUT2D eigenvalue weighted by Crippen LogP contribution is 2.29. The average Bonchev–Trinajstić information content (AvgIpc) is 2.27. The van der Waals surface area contributed by atoms with Crippen LogP contribution in [0.25, 0.3) is 0 Å². The van der Waals surface area contributed by atoms with E-state index in [-0.39, 0.29) is 0 Å². The van der Waals surface area contributed by atoms with E-state index in [9.17, 15) is 5.11 Å². The summed E-state index contributed by atoms with van der Waals surface area (Å²) in [5.41, 5.74) is 11.9. The van der Waals surface area contributed by atoms with E-state index in [1.54, 1.807) is 25.3 Å². The molecule has 0 aromatic carbocycles. The van der Waals surface area contributed by atoms with Crippen molar-refractivity contribution in [2.45, 2.75) is 23.2 Å². The van der Waals surface area contributed by atoms with E-state index in [1.165, 1.54) is 17.8 Å². The van der Waals surface area contributed by atoms with Crippen LogP contribution in [0.5, 0.6) is 0 Å². The number of aliphatic hydroxyl groups is 1. The molecule has 0 aliphatic carbocycles. The molecule has 0 saturated heterocycles. The number of aliphatic hydroxyl groups excluding tert-OH is 1. The van der Waals surface area contributed by atoms with Crippen molar-refractivity contribution in [1.82, 2.24) is 15.0 Å². The molecule has 18 heavy (non-hydrogen) atoms. The lowest BCUT2D eigenvalue weighted by Gasteiger charge is -2.09. The summed E-state index contributed by atoms with van der Waals surface area (Å²) in [6.07, 6.45) is 1.03. The second-order valence-electron chi connectivity index (χ2n) is 3.68. The Kier molecular flexibility index (Phi) is 3.63. The molecular weight excluding hydrogens is 250 g/mol. The zero-order valence-corrected chi connectivity index (χ0v) is 10.6. The predicted molar refractivity (Wildman–Crippen MR) is 69.9 cm³/mol. The van der Waals surface area contributed by atoms with Gasteiger partial charge in [-0.15, -0.1) is 0 Å². The molecule has 2 rings (SSSR count). The minimum atomic E-state index is -0.611. The third-order valence-corrected chi connectivity index (χ3v) is 3.08. The Hall–Kier alpha value is -1.86. The van der Waals surface area contributed by atoms with Crippen molar-refractivity contribution in [2.24, 2.45) is 0 Å². The van der Waals surface area contributed by atoms with Crippen LogP contribution in [0.15, 0.2) is 34.6 Å². The molecule has 2 aromatic rings. The van der Waals surface area contributed by atoms with Crippen LogP contribution in [0, 0.1) is 0 Å². The summed E-state index contributed by atoms with van der Waals surface area (Å²) >= 11 is 1.22. The van der Waals surface area contributed by atoms with E-state index < -0.39 is 6.10 Å². The SMILES string of the molecule is C[C@H](O)c1cccnc1Sc1nc(N)cc(N)n1. The first-order valence-electron chi connectivity index (χ1n) is 5.27. The van der Waals surface area contributed by atoms with Crippen LogP contribution in [0.2, 0.25) is 0 Å². The minimum absolute atomic E-state index is 0.305. The van der Waals surface area contributed by atoms with Crippen molar-refractivity contribution in [3.63, 3.8) is 0 Å². The molecule has 2 aromatic heterocycles. The van der Waals surface area contributed by atoms with Crippen molar-refractivity contribution in [2.75, 3.05) is 11.5 Å². The summed E-state index contributed by atoms with van der Waals surface area (Å²) in [5, 5.41) is 10.7. The molecule has 0 saturated carbocycles. The van der Waals surface area contributed by atoms with Crippen molar-refractivity contribution in [1.29, 1.82) is 0 Å². The second kappa shape index (κ2) is 5.19. The number of nitrogen functional groups attached to an aromatic ring is 2. The highest BCUT2D eigenvalue weighted by Gasteiger charge is 2.12. The topological polar surface area (TPSA) is 111 Å². The Morgan fingerprint density at radius 2 is 1.94 bits per heavy atom. The molecule has 7 heteroatoms. The first-order valence-corrected chi connectivity index (χ1v) is 6.09. The number of aromatic nitrogens is 3. The molecular formula is C11H13N5OS. The Labute approximate surface area is 108 Å². The van der Waals surface area contributed by atoms with E-state index in [4.69, 9.17) is 11.5 Å². The van der Waals surface area contributed by atoms with Crippen molar-refractivity contribution in [3.05, 3.63) is 30.0 Å². The van der Waals surface area contributed by atoms with Crippen molar-refractivity contribution in [3.8, 4) is 0 Å². The van der Waals surface area contributed by atoms with Gasteiger partial charge in [-0.3, -0.25) is 0 Å². The largest absolute Gasteiger partial charge is 0.389 e. The molecule has 5 N–H and O–H groups in total. The molecule has 94 valence electrons. The third-order valence-electron chi connectivity index (χ3n) is 2.18. The molecule has 2 heterocycles. The maximum absolute atomic E-state index is 9.65.